The molecule has 1 aromatic rings. The second-order valence-corrected chi connectivity index (χ2v) is 4.39. The summed E-state index contributed by atoms with van der Waals surface area (Å²) >= 11 is 1.51. The quantitative estimate of drug-likeness (QED) is 0.777. The summed E-state index contributed by atoms with van der Waals surface area (Å²) in [5, 5.41) is 21.3. The SMILES string of the molecule is CCc1nnc(NC(C)CCC(=O)O)s1. The fourth-order valence-electron chi connectivity index (χ4n) is 1.08. The normalized spacial score (nSPS) is 12.4. The molecule has 1 rings (SSSR count). The summed E-state index contributed by atoms with van der Waals surface area (Å²) in [5.74, 6) is -0.768. The van der Waals surface area contributed by atoms with Gasteiger partial charge in [0.25, 0.3) is 0 Å². The molecule has 1 aromatic heterocycles. The third-order valence-electron chi connectivity index (χ3n) is 1.93. The first-order valence-corrected chi connectivity index (χ1v) is 5.74. The van der Waals surface area contributed by atoms with E-state index in [-0.39, 0.29) is 12.5 Å². The van der Waals surface area contributed by atoms with Crippen molar-refractivity contribution in [2.75, 3.05) is 5.32 Å². The van der Waals surface area contributed by atoms with Gasteiger partial charge in [-0.15, -0.1) is 10.2 Å². The van der Waals surface area contributed by atoms with Gasteiger partial charge in [-0.2, -0.15) is 0 Å². The molecule has 0 fully saturated rings. The average molecular weight is 229 g/mol. The van der Waals surface area contributed by atoms with Crippen LogP contribution in [0.3, 0.4) is 0 Å². The van der Waals surface area contributed by atoms with E-state index in [0.29, 0.717) is 6.42 Å². The minimum atomic E-state index is -0.768. The lowest BCUT2D eigenvalue weighted by Crippen LogP contribution is -2.16. The molecule has 1 unspecified atom stereocenters. The highest BCUT2D eigenvalue weighted by Crippen LogP contribution is 2.17. The van der Waals surface area contributed by atoms with E-state index in [9.17, 15) is 4.79 Å². The van der Waals surface area contributed by atoms with E-state index in [1.165, 1.54) is 11.3 Å². The van der Waals surface area contributed by atoms with Crippen LogP contribution in [0, 0.1) is 0 Å². The highest BCUT2D eigenvalue weighted by molar-refractivity contribution is 7.15. The van der Waals surface area contributed by atoms with Crippen LogP contribution >= 0.6 is 11.3 Å². The largest absolute Gasteiger partial charge is 0.481 e. The lowest BCUT2D eigenvalue weighted by atomic mass is 10.2. The lowest BCUT2D eigenvalue weighted by molar-refractivity contribution is -0.137. The Hall–Kier alpha value is -1.17. The van der Waals surface area contributed by atoms with E-state index >= 15 is 0 Å². The number of aromatic nitrogens is 2. The molecule has 0 bridgehead atoms. The summed E-state index contributed by atoms with van der Waals surface area (Å²) in [5.41, 5.74) is 0. The molecule has 0 aliphatic heterocycles. The molecule has 0 saturated heterocycles. The minimum Gasteiger partial charge on any atom is -0.481 e. The molecule has 5 nitrogen and oxygen atoms in total. The van der Waals surface area contributed by atoms with Crippen LogP contribution in [-0.4, -0.2) is 27.3 Å². The zero-order valence-electron chi connectivity index (χ0n) is 8.86. The summed E-state index contributed by atoms with van der Waals surface area (Å²) in [6, 6.07) is 0.110. The van der Waals surface area contributed by atoms with Crippen LogP contribution in [0.25, 0.3) is 0 Å². The van der Waals surface area contributed by atoms with Crippen LogP contribution in [0.2, 0.25) is 0 Å². The summed E-state index contributed by atoms with van der Waals surface area (Å²) < 4.78 is 0. The lowest BCUT2D eigenvalue weighted by Gasteiger charge is -2.10. The summed E-state index contributed by atoms with van der Waals surface area (Å²) in [4.78, 5) is 10.4. The average Bonchev–Trinajstić information content (AvgIpc) is 2.62. The molecule has 0 amide bonds. The molecular weight excluding hydrogens is 214 g/mol. The Bertz CT molecular complexity index is 327. The highest BCUT2D eigenvalue weighted by atomic mass is 32.1. The topological polar surface area (TPSA) is 75.1 Å². The molecule has 0 aliphatic rings. The van der Waals surface area contributed by atoms with Crippen molar-refractivity contribution in [1.29, 1.82) is 0 Å². The van der Waals surface area contributed by atoms with E-state index in [4.69, 9.17) is 5.11 Å². The van der Waals surface area contributed by atoms with Gasteiger partial charge in [-0.1, -0.05) is 18.3 Å². The number of nitrogens with one attached hydrogen (secondary N) is 1. The predicted molar refractivity (Wildman–Crippen MR) is 59.2 cm³/mol. The molecule has 0 aliphatic carbocycles. The number of hydrogen-bond acceptors (Lipinski definition) is 5. The Labute approximate surface area is 92.5 Å². The van der Waals surface area contributed by atoms with Crippen molar-refractivity contribution in [3.05, 3.63) is 5.01 Å². The van der Waals surface area contributed by atoms with Gasteiger partial charge >= 0.3 is 5.97 Å². The molecule has 0 spiro atoms. The highest BCUT2D eigenvalue weighted by Gasteiger charge is 2.08. The summed E-state index contributed by atoms with van der Waals surface area (Å²) in [6.07, 6.45) is 1.65. The van der Waals surface area contributed by atoms with Crippen molar-refractivity contribution in [1.82, 2.24) is 10.2 Å². The number of aryl methyl sites for hydroxylation is 1. The van der Waals surface area contributed by atoms with Gasteiger partial charge in [-0.05, 0) is 19.8 Å². The molecule has 84 valence electrons. The van der Waals surface area contributed by atoms with Gasteiger partial charge in [0.05, 0.1) is 0 Å². The molecule has 0 aromatic carbocycles. The standard InChI is InChI=1S/C9H15N3O2S/c1-3-7-11-12-9(15-7)10-6(2)4-5-8(13)14/h6H,3-5H2,1-2H3,(H,10,12)(H,13,14). The zero-order valence-corrected chi connectivity index (χ0v) is 9.67. The molecule has 15 heavy (non-hydrogen) atoms. The molecule has 2 N–H and O–H groups in total. The van der Waals surface area contributed by atoms with E-state index < -0.39 is 5.97 Å². The fourth-order valence-corrected chi connectivity index (χ4v) is 1.87. The van der Waals surface area contributed by atoms with Crippen LogP contribution < -0.4 is 5.32 Å². The Morgan fingerprint density at radius 2 is 2.33 bits per heavy atom. The Balaban J connectivity index is 2.36. The number of anilines is 1. The first-order chi connectivity index (χ1) is 7.11. The summed E-state index contributed by atoms with van der Waals surface area (Å²) in [7, 11) is 0. The Morgan fingerprint density at radius 1 is 1.60 bits per heavy atom. The van der Waals surface area contributed by atoms with Gasteiger partial charge < -0.3 is 10.4 Å². The van der Waals surface area contributed by atoms with Crippen molar-refractivity contribution < 1.29 is 9.90 Å². The maximum Gasteiger partial charge on any atom is 0.303 e. The Kier molecular flexibility index (Phi) is 4.48. The summed E-state index contributed by atoms with van der Waals surface area (Å²) in [6.45, 7) is 3.97. The van der Waals surface area contributed by atoms with Crippen LogP contribution in [0.5, 0.6) is 0 Å². The van der Waals surface area contributed by atoms with E-state index in [0.717, 1.165) is 16.6 Å². The minimum absolute atomic E-state index is 0.110. The molecule has 6 heteroatoms. The second kappa shape index (κ2) is 5.65. The number of carbonyl (C=O) groups is 1. The van der Waals surface area contributed by atoms with Gasteiger partial charge in [0.2, 0.25) is 5.13 Å². The number of nitrogens with zero attached hydrogens (tertiary/aromatic N) is 2. The van der Waals surface area contributed by atoms with Crippen molar-refractivity contribution >= 4 is 22.4 Å². The van der Waals surface area contributed by atoms with Crippen molar-refractivity contribution in [2.24, 2.45) is 0 Å². The maximum absolute atomic E-state index is 10.4. The first-order valence-electron chi connectivity index (χ1n) is 4.92. The number of carboxylic acids is 1. The third kappa shape index (κ3) is 4.24. The molecule has 0 saturated carbocycles. The van der Waals surface area contributed by atoms with Crippen LogP contribution in [0.15, 0.2) is 0 Å². The zero-order chi connectivity index (χ0) is 11.3. The number of hydrogen-bond donors (Lipinski definition) is 2. The van der Waals surface area contributed by atoms with Crippen molar-refractivity contribution in [3.63, 3.8) is 0 Å². The van der Waals surface area contributed by atoms with Crippen LogP contribution in [0.1, 0.15) is 31.7 Å². The monoisotopic (exact) mass is 229 g/mol. The van der Waals surface area contributed by atoms with Crippen LogP contribution in [-0.2, 0) is 11.2 Å². The van der Waals surface area contributed by atoms with E-state index in [1.54, 1.807) is 0 Å². The number of rotatable bonds is 6. The second-order valence-electron chi connectivity index (χ2n) is 3.33. The van der Waals surface area contributed by atoms with Crippen molar-refractivity contribution in [3.8, 4) is 0 Å². The van der Waals surface area contributed by atoms with E-state index in [2.05, 4.69) is 15.5 Å². The third-order valence-corrected chi connectivity index (χ3v) is 2.93. The van der Waals surface area contributed by atoms with Gasteiger partial charge in [0, 0.05) is 12.5 Å². The fraction of sp³-hybridized carbons (Fsp3) is 0.667. The first kappa shape index (κ1) is 11.9. The van der Waals surface area contributed by atoms with Gasteiger partial charge in [0.1, 0.15) is 5.01 Å². The maximum atomic E-state index is 10.4. The molecule has 0 radical (unpaired) electrons. The predicted octanol–water partition coefficient (Wildman–Crippen LogP) is 1.77. The number of carboxylic acid groups (broad SMARTS) is 1. The van der Waals surface area contributed by atoms with E-state index in [1.807, 2.05) is 13.8 Å². The van der Waals surface area contributed by atoms with Gasteiger partial charge in [0.15, 0.2) is 0 Å². The molecular formula is C9H15N3O2S. The van der Waals surface area contributed by atoms with Crippen molar-refractivity contribution in [2.45, 2.75) is 39.2 Å². The molecule has 1 heterocycles. The van der Waals surface area contributed by atoms with Crippen LogP contribution in [0.4, 0.5) is 5.13 Å². The number of aliphatic carboxylic acids is 1. The Morgan fingerprint density at radius 3 is 2.87 bits per heavy atom. The smallest absolute Gasteiger partial charge is 0.303 e. The van der Waals surface area contributed by atoms with Gasteiger partial charge in [-0.25, -0.2) is 0 Å². The molecule has 1 atom stereocenters. The van der Waals surface area contributed by atoms with Gasteiger partial charge in [-0.3, -0.25) is 4.79 Å².